The first-order valence-corrected chi connectivity index (χ1v) is 6.75. The molecule has 1 atom stereocenters. The van der Waals surface area contributed by atoms with Gasteiger partial charge in [0.2, 0.25) is 0 Å². The lowest BCUT2D eigenvalue weighted by molar-refractivity contribution is -0.201. The van der Waals surface area contributed by atoms with Crippen LogP contribution >= 0.6 is 0 Å². The smallest absolute Gasteiger partial charge is 0.183 e. The molecule has 3 nitrogen and oxygen atoms in total. The Morgan fingerprint density at radius 1 is 0.800 bits per heavy atom. The van der Waals surface area contributed by atoms with E-state index in [0.29, 0.717) is 13.2 Å². The van der Waals surface area contributed by atoms with E-state index in [1.54, 1.807) is 6.92 Å². The monoisotopic (exact) mass is 272 g/mol. The number of hydrogen-bond donors (Lipinski definition) is 1. The van der Waals surface area contributed by atoms with Crippen LogP contribution in [0.2, 0.25) is 0 Å². The van der Waals surface area contributed by atoms with Gasteiger partial charge in [-0.2, -0.15) is 0 Å². The maximum Gasteiger partial charge on any atom is 0.183 e. The van der Waals surface area contributed by atoms with Crippen molar-refractivity contribution in [1.82, 2.24) is 0 Å². The summed E-state index contributed by atoms with van der Waals surface area (Å²) in [5.74, 6) is 0. The van der Waals surface area contributed by atoms with Crippen LogP contribution in [0.3, 0.4) is 0 Å². The molecule has 3 heteroatoms. The lowest BCUT2D eigenvalue weighted by atomic mass is 10.2. The number of rotatable bonds is 7. The zero-order valence-corrected chi connectivity index (χ0v) is 11.6. The van der Waals surface area contributed by atoms with Crippen molar-refractivity contribution in [2.75, 3.05) is 0 Å². The lowest BCUT2D eigenvalue weighted by Gasteiger charge is -2.21. The number of ether oxygens (including phenoxy) is 2. The van der Waals surface area contributed by atoms with Gasteiger partial charge in [0.15, 0.2) is 6.29 Å². The van der Waals surface area contributed by atoms with Crippen molar-refractivity contribution in [2.24, 2.45) is 0 Å². The van der Waals surface area contributed by atoms with Gasteiger partial charge in [-0.3, -0.25) is 0 Å². The Morgan fingerprint density at radius 3 is 1.55 bits per heavy atom. The van der Waals surface area contributed by atoms with E-state index in [0.717, 1.165) is 11.1 Å². The number of aliphatic hydroxyl groups excluding tert-OH is 1. The summed E-state index contributed by atoms with van der Waals surface area (Å²) < 4.78 is 11.3. The second kappa shape index (κ2) is 7.80. The minimum Gasteiger partial charge on any atom is -0.388 e. The van der Waals surface area contributed by atoms with Crippen LogP contribution in [0.4, 0.5) is 0 Å². The van der Waals surface area contributed by atoms with E-state index in [1.807, 2.05) is 60.7 Å². The highest BCUT2D eigenvalue weighted by Crippen LogP contribution is 2.10. The molecule has 0 aliphatic heterocycles. The molecule has 0 spiro atoms. The molecule has 0 aliphatic carbocycles. The predicted molar refractivity (Wildman–Crippen MR) is 77.9 cm³/mol. The van der Waals surface area contributed by atoms with Crippen LogP contribution in [-0.4, -0.2) is 17.5 Å². The first kappa shape index (κ1) is 14.7. The van der Waals surface area contributed by atoms with Crippen LogP contribution in [0.15, 0.2) is 60.7 Å². The molecule has 2 aromatic carbocycles. The van der Waals surface area contributed by atoms with E-state index in [1.165, 1.54) is 0 Å². The second-order valence-corrected chi connectivity index (χ2v) is 4.70. The molecule has 20 heavy (non-hydrogen) atoms. The second-order valence-electron chi connectivity index (χ2n) is 4.70. The van der Waals surface area contributed by atoms with Crippen molar-refractivity contribution in [1.29, 1.82) is 0 Å². The average Bonchev–Trinajstić information content (AvgIpc) is 2.49. The third-order valence-electron chi connectivity index (χ3n) is 2.91. The Morgan fingerprint density at radius 2 is 1.20 bits per heavy atom. The van der Waals surface area contributed by atoms with Gasteiger partial charge >= 0.3 is 0 Å². The summed E-state index contributed by atoms with van der Waals surface area (Å²) in [5.41, 5.74) is 2.11. The highest BCUT2D eigenvalue weighted by molar-refractivity contribution is 5.14. The van der Waals surface area contributed by atoms with Crippen molar-refractivity contribution >= 4 is 0 Å². The quantitative estimate of drug-likeness (QED) is 0.787. The van der Waals surface area contributed by atoms with Crippen LogP contribution in [0.25, 0.3) is 0 Å². The minimum atomic E-state index is -0.678. The van der Waals surface area contributed by atoms with E-state index in [2.05, 4.69) is 0 Å². The van der Waals surface area contributed by atoms with Crippen molar-refractivity contribution in [3.05, 3.63) is 71.8 Å². The van der Waals surface area contributed by atoms with Gasteiger partial charge < -0.3 is 14.6 Å². The van der Waals surface area contributed by atoms with Gasteiger partial charge in [0.05, 0.1) is 13.2 Å². The van der Waals surface area contributed by atoms with E-state index in [-0.39, 0.29) is 0 Å². The molecule has 0 amide bonds. The third kappa shape index (κ3) is 4.78. The highest BCUT2D eigenvalue weighted by atomic mass is 16.7. The molecule has 0 aliphatic rings. The summed E-state index contributed by atoms with van der Waals surface area (Å²) in [6.07, 6.45) is -1.31. The zero-order valence-electron chi connectivity index (χ0n) is 11.6. The number of benzene rings is 2. The summed E-state index contributed by atoms with van der Waals surface area (Å²) in [6.45, 7) is 2.51. The molecule has 0 bridgehead atoms. The van der Waals surface area contributed by atoms with Crippen LogP contribution < -0.4 is 0 Å². The molecular formula is C17H20O3. The summed E-state index contributed by atoms with van der Waals surface area (Å²) in [5, 5.41) is 9.72. The maximum atomic E-state index is 9.72. The average molecular weight is 272 g/mol. The molecule has 0 aromatic heterocycles. The summed E-state index contributed by atoms with van der Waals surface area (Å²) >= 11 is 0. The Hall–Kier alpha value is -1.68. The molecule has 0 heterocycles. The van der Waals surface area contributed by atoms with Gasteiger partial charge in [-0.05, 0) is 18.1 Å². The van der Waals surface area contributed by atoms with Gasteiger partial charge in [-0.25, -0.2) is 0 Å². The van der Waals surface area contributed by atoms with Crippen molar-refractivity contribution in [2.45, 2.75) is 32.5 Å². The molecule has 2 aromatic rings. The maximum absolute atomic E-state index is 9.72. The van der Waals surface area contributed by atoms with E-state index in [4.69, 9.17) is 9.47 Å². The highest BCUT2D eigenvalue weighted by Gasteiger charge is 2.16. The van der Waals surface area contributed by atoms with Crippen molar-refractivity contribution in [3.8, 4) is 0 Å². The normalized spacial score (nSPS) is 12.6. The van der Waals surface area contributed by atoms with Crippen LogP contribution in [-0.2, 0) is 22.7 Å². The first-order valence-electron chi connectivity index (χ1n) is 6.75. The van der Waals surface area contributed by atoms with Crippen molar-refractivity contribution < 1.29 is 14.6 Å². The SMILES string of the molecule is CC(O)C(OCc1ccccc1)OCc1ccccc1. The minimum absolute atomic E-state index is 0.422. The summed E-state index contributed by atoms with van der Waals surface area (Å²) in [4.78, 5) is 0. The van der Waals surface area contributed by atoms with E-state index >= 15 is 0 Å². The molecule has 0 fully saturated rings. The van der Waals surface area contributed by atoms with E-state index < -0.39 is 12.4 Å². The first-order chi connectivity index (χ1) is 9.75. The standard InChI is InChI=1S/C17H20O3/c1-14(18)17(19-12-15-8-4-2-5-9-15)20-13-16-10-6-3-7-11-16/h2-11,14,17-18H,12-13H2,1H3. The van der Waals surface area contributed by atoms with E-state index in [9.17, 15) is 5.11 Å². The molecule has 2 rings (SSSR count). The largest absolute Gasteiger partial charge is 0.388 e. The Balaban J connectivity index is 1.84. The van der Waals surface area contributed by atoms with Crippen LogP contribution in [0.1, 0.15) is 18.1 Å². The van der Waals surface area contributed by atoms with Crippen LogP contribution in [0, 0.1) is 0 Å². The molecule has 0 saturated carbocycles. The van der Waals surface area contributed by atoms with Gasteiger partial charge in [-0.15, -0.1) is 0 Å². The van der Waals surface area contributed by atoms with Gasteiger partial charge in [-0.1, -0.05) is 60.7 Å². The third-order valence-corrected chi connectivity index (χ3v) is 2.91. The Labute approximate surface area is 119 Å². The molecule has 106 valence electrons. The molecule has 0 radical (unpaired) electrons. The summed E-state index contributed by atoms with van der Waals surface area (Å²) in [6, 6.07) is 19.7. The Bertz CT molecular complexity index is 439. The number of hydrogen-bond acceptors (Lipinski definition) is 3. The fraction of sp³-hybridized carbons (Fsp3) is 0.294. The van der Waals surface area contributed by atoms with Gasteiger partial charge in [0.1, 0.15) is 6.10 Å². The molecule has 1 unspecified atom stereocenters. The molecule has 0 saturated heterocycles. The predicted octanol–water partition coefficient (Wildman–Crippen LogP) is 3.13. The van der Waals surface area contributed by atoms with Crippen LogP contribution in [0.5, 0.6) is 0 Å². The molecular weight excluding hydrogens is 252 g/mol. The fourth-order valence-corrected chi connectivity index (χ4v) is 1.83. The van der Waals surface area contributed by atoms with Crippen molar-refractivity contribution in [3.63, 3.8) is 0 Å². The number of aliphatic hydroxyl groups is 1. The zero-order chi connectivity index (χ0) is 14.2. The Kier molecular flexibility index (Phi) is 5.74. The topological polar surface area (TPSA) is 38.7 Å². The molecule has 1 N–H and O–H groups in total. The lowest BCUT2D eigenvalue weighted by Crippen LogP contribution is -2.29. The fourth-order valence-electron chi connectivity index (χ4n) is 1.83. The van der Waals surface area contributed by atoms with Gasteiger partial charge in [0, 0.05) is 0 Å². The van der Waals surface area contributed by atoms with Gasteiger partial charge in [0.25, 0.3) is 0 Å². The summed E-state index contributed by atoms with van der Waals surface area (Å²) in [7, 11) is 0.